The van der Waals surface area contributed by atoms with Gasteiger partial charge < -0.3 is 10.6 Å². The van der Waals surface area contributed by atoms with Crippen LogP contribution in [0.4, 0.5) is 18.9 Å². The number of nitrogens with zero attached hydrogens (tertiary/aromatic N) is 2. The first kappa shape index (κ1) is 26.0. The molecule has 2 N–H and O–H groups in total. The van der Waals surface area contributed by atoms with E-state index >= 15 is 0 Å². The molecule has 0 saturated carbocycles. The molecular formula is C27H22ClF3N4O2. The maximum absolute atomic E-state index is 13.3. The number of halogens is 4. The van der Waals surface area contributed by atoms with E-state index in [1.165, 1.54) is 6.07 Å². The number of aromatic nitrogens is 2. The fourth-order valence-electron chi connectivity index (χ4n) is 3.65. The van der Waals surface area contributed by atoms with Gasteiger partial charge in [-0.2, -0.15) is 18.3 Å². The van der Waals surface area contributed by atoms with Crippen LogP contribution < -0.4 is 10.6 Å². The van der Waals surface area contributed by atoms with E-state index in [0.29, 0.717) is 27.5 Å². The average Bonchev–Trinajstić information content (AvgIpc) is 3.32. The highest BCUT2D eigenvalue weighted by atomic mass is 35.5. The zero-order valence-electron chi connectivity index (χ0n) is 19.6. The molecule has 4 rings (SSSR count). The van der Waals surface area contributed by atoms with Crippen LogP contribution in [-0.4, -0.2) is 21.6 Å². The highest BCUT2D eigenvalue weighted by molar-refractivity contribution is 6.30. The van der Waals surface area contributed by atoms with Crippen LogP contribution in [-0.2, 0) is 17.5 Å². The van der Waals surface area contributed by atoms with Crippen LogP contribution in [0.5, 0.6) is 0 Å². The maximum Gasteiger partial charge on any atom is 0.435 e. The zero-order chi connectivity index (χ0) is 26.6. The summed E-state index contributed by atoms with van der Waals surface area (Å²) in [6.07, 6.45) is -4.65. The predicted molar refractivity (Wildman–Crippen MR) is 135 cm³/mol. The molecule has 1 atom stereocenters. The highest BCUT2D eigenvalue weighted by Crippen LogP contribution is 2.30. The molecule has 0 aliphatic heterocycles. The summed E-state index contributed by atoms with van der Waals surface area (Å²) in [5.41, 5.74) is 1.13. The van der Waals surface area contributed by atoms with Gasteiger partial charge >= 0.3 is 6.18 Å². The smallest absolute Gasteiger partial charge is 0.350 e. The number of para-hydroxylation sites is 1. The van der Waals surface area contributed by atoms with Gasteiger partial charge in [0.05, 0.1) is 23.8 Å². The van der Waals surface area contributed by atoms with Gasteiger partial charge in [-0.3, -0.25) is 9.59 Å². The molecule has 10 heteroatoms. The lowest BCUT2D eigenvalue weighted by Gasteiger charge is -2.14. The molecule has 0 fully saturated rings. The highest BCUT2D eigenvalue weighted by Gasteiger charge is 2.35. The van der Waals surface area contributed by atoms with E-state index in [2.05, 4.69) is 15.7 Å². The molecule has 6 nitrogen and oxygen atoms in total. The fourth-order valence-corrected chi connectivity index (χ4v) is 3.83. The Morgan fingerprint density at radius 1 is 0.973 bits per heavy atom. The molecule has 0 saturated heterocycles. The van der Waals surface area contributed by atoms with Crippen molar-refractivity contribution in [2.24, 2.45) is 0 Å². The molecular weight excluding hydrogens is 505 g/mol. The van der Waals surface area contributed by atoms with E-state index in [0.717, 1.165) is 10.7 Å². The largest absolute Gasteiger partial charge is 0.435 e. The summed E-state index contributed by atoms with van der Waals surface area (Å²) in [6.45, 7) is 1.49. The van der Waals surface area contributed by atoms with Crippen molar-refractivity contribution in [2.45, 2.75) is 25.6 Å². The van der Waals surface area contributed by atoms with Crippen molar-refractivity contribution in [3.8, 4) is 5.69 Å². The van der Waals surface area contributed by atoms with Crippen molar-refractivity contribution < 1.29 is 22.8 Å². The van der Waals surface area contributed by atoms with Gasteiger partial charge in [-0.05, 0) is 61.0 Å². The summed E-state index contributed by atoms with van der Waals surface area (Å²) in [7, 11) is 0. The van der Waals surface area contributed by atoms with Crippen LogP contribution in [0.1, 0.15) is 40.2 Å². The number of nitrogens with one attached hydrogen (secondary N) is 2. The Balaban J connectivity index is 1.45. The lowest BCUT2D eigenvalue weighted by atomic mass is 9.98. The van der Waals surface area contributed by atoms with Gasteiger partial charge in [0.25, 0.3) is 5.91 Å². The number of carbonyl (C=O) groups is 2. The second kappa shape index (κ2) is 10.9. The number of rotatable bonds is 7. The first-order valence-electron chi connectivity index (χ1n) is 11.3. The van der Waals surface area contributed by atoms with E-state index in [1.807, 2.05) is 18.2 Å². The first-order chi connectivity index (χ1) is 17.6. The Kier molecular flexibility index (Phi) is 7.63. The van der Waals surface area contributed by atoms with Gasteiger partial charge in [0.15, 0.2) is 5.69 Å². The Morgan fingerprint density at radius 3 is 2.32 bits per heavy atom. The molecule has 0 radical (unpaired) electrons. The molecule has 190 valence electrons. The number of anilines is 1. The second-order valence-corrected chi connectivity index (χ2v) is 8.73. The molecule has 1 aromatic heterocycles. The number of amides is 2. The number of hydrogen-bond acceptors (Lipinski definition) is 3. The summed E-state index contributed by atoms with van der Waals surface area (Å²) in [5.74, 6) is -1.30. The van der Waals surface area contributed by atoms with Gasteiger partial charge in [-0.15, -0.1) is 0 Å². The topological polar surface area (TPSA) is 76.0 Å². The number of carbonyl (C=O) groups excluding carboxylic acids is 2. The fraction of sp³-hybridized carbons (Fsp3) is 0.148. The summed E-state index contributed by atoms with van der Waals surface area (Å²) in [4.78, 5) is 25.3. The normalized spacial score (nSPS) is 12.1. The molecule has 1 heterocycles. The van der Waals surface area contributed by atoms with E-state index < -0.39 is 23.7 Å². The molecule has 37 heavy (non-hydrogen) atoms. The number of alkyl halides is 3. The van der Waals surface area contributed by atoms with Crippen molar-refractivity contribution in [1.82, 2.24) is 15.1 Å². The van der Waals surface area contributed by atoms with E-state index in [1.54, 1.807) is 61.5 Å². The van der Waals surface area contributed by atoms with Gasteiger partial charge in [-0.25, -0.2) is 4.68 Å². The Labute approximate surface area is 216 Å². The van der Waals surface area contributed by atoms with Crippen LogP contribution in [0, 0.1) is 0 Å². The second-order valence-electron chi connectivity index (χ2n) is 8.29. The lowest BCUT2D eigenvalue weighted by molar-refractivity contribution is -0.141. The minimum absolute atomic E-state index is 0.142. The quantitative estimate of drug-likeness (QED) is 0.300. The average molecular weight is 527 g/mol. The third kappa shape index (κ3) is 6.37. The third-order valence-electron chi connectivity index (χ3n) is 5.67. The first-order valence-corrected chi connectivity index (χ1v) is 11.7. The minimum atomic E-state index is -4.65. The summed E-state index contributed by atoms with van der Waals surface area (Å²) >= 11 is 5.99. The number of benzene rings is 3. The van der Waals surface area contributed by atoms with Crippen LogP contribution in [0.25, 0.3) is 5.69 Å². The van der Waals surface area contributed by atoms with Gasteiger partial charge in [0, 0.05) is 16.3 Å². The van der Waals surface area contributed by atoms with E-state index in [-0.39, 0.29) is 18.1 Å². The van der Waals surface area contributed by atoms with Gasteiger partial charge in [0.2, 0.25) is 5.91 Å². The zero-order valence-corrected chi connectivity index (χ0v) is 20.3. The predicted octanol–water partition coefficient (Wildman–Crippen LogP) is 6.22. The molecule has 2 amide bonds. The van der Waals surface area contributed by atoms with Crippen molar-refractivity contribution in [3.05, 3.63) is 112 Å². The van der Waals surface area contributed by atoms with Crippen molar-refractivity contribution in [3.63, 3.8) is 0 Å². The van der Waals surface area contributed by atoms with E-state index in [4.69, 9.17) is 11.6 Å². The molecule has 0 aliphatic rings. The summed E-state index contributed by atoms with van der Waals surface area (Å²) in [6, 6.07) is 22.7. The Morgan fingerprint density at radius 2 is 1.68 bits per heavy atom. The maximum atomic E-state index is 13.3. The Hall–Kier alpha value is -4.11. The van der Waals surface area contributed by atoms with E-state index in [9.17, 15) is 22.8 Å². The van der Waals surface area contributed by atoms with Crippen LogP contribution in [0.15, 0.2) is 84.9 Å². The van der Waals surface area contributed by atoms with Crippen LogP contribution in [0.2, 0.25) is 5.02 Å². The summed E-state index contributed by atoms with van der Waals surface area (Å²) < 4.78 is 41.1. The van der Waals surface area contributed by atoms with Gasteiger partial charge in [-0.1, -0.05) is 48.0 Å². The van der Waals surface area contributed by atoms with Gasteiger partial charge in [0.1, 0.15) is 0 Å². The lowest BCUT2D eigenvalue weighted by Crippen LogP contribution is -2.28. The molecule has 0 spiro atoms. The molecule has 3 aromatic carbocycles. The van der Waals surface area contributed by atoms with Crippen LogP contribution >= 0.6 is 11.6 Å². The minimum Gasteiger partial charge on any atom is -0.350 e. The molecule has 1 unspecified atom stereocenters. The van der Waals surface area contributed by atoms with Crippen LogP contribution in [0.3, 0.4) is 0 Å². The molecule has 0 bridgehead atoms. The molecule has 4 aromatic rings. The van der Waals surface area contributed by atoms with Crippen molar-refractivity contribution in [2.75, 3.05) is 5.32 Å². The monoisotopic (exact) mass is 526 g/mol. The van der Waals surface area contributed by atoms with Crippen molar-refractivity contribution >= 4 is 29.1 Å². The number of hydrogen-bond donors (Lipinski definition) is 2. The SMILES string of the molecule is CC(C(=O)NCc1cc(C(F)(F)F)nn1-c1cccc(Cl)c1)c1ccc(C(=O)Nc2ccccc2)cc1. The standard InChI is InChI=1S/C27H22ClF3N4O2/c1-17(18-10-12-19(13-11-18)26(37)33-21-7-3-2-4-8-21)25(36)32-16-23-15-24(27(29,30)31)34-35(23)22-9-5-6-20(28)14-22/h2-15,17H,16H2,1H3,(H,32,36)(H,33,37). The third-order valence-corrected chi connectivity index (χ3v) is 5.90. The molecule has 0 aliphatic carbocycles. The summed E-state index contributed by atoms with van der Waals surface area (Å²) in [5, 5.41) is 9.48. The van der Waals surface area contributed by atoms with Crippen molar-refractivity contribution in [1.29, 1.82) is 0 Å². The Bertz CT molecular complexity index is 1400.